The summed E-state index contributed by atoms with van der Waals surface area (Å²) < 4.78 is 11.0. The summed E-state index contributed by atoms with van der Waals surface area (Å²) in [5.41, 5.74) is 0. The Kier molecular flexibility index (Phi) is 18.2. The lowest BCUT2D eigenvalue weighted by molar-refractivity contribution is -0.0558. The predicted octanol–water partition coefficient (Wildman–Crippen LogP) is 8.32. The normalized spacial score (nSPS) is 18.4. The third kappa shape index (κ3) is 18.3. The van der Waals surface area contributed by atoms with Gasteiger partial charge in [0.25, 0.3) is 0 Å². The molecule has 0 aromatic heterocycles. The molecule has 6 unspecified atom stereocenters. The monoisotopic (exact) mass is 418 g/mol. The highest BCUT2D eigenvalue weighted by Gasteiger charge is 2.17. The first kappa shape index (κ1) is 28.2. The van der Waals surface area contributed by atoms with Crippen LogP contribution in [0.3, 0.4) is 0 Å². The fourth-order valence-corrected chi connectivity index (χ4v) is 5.07. The minimum absolute atomic E-state index is 0.306. The Morgan fingerprint density at radius 3 is 1.50 bits per heavy atom. The Labute approximate surface area is 182 Å². The fraction of sp³-hybridized carbons (Fsp3) is 1.00. The molecule has 0 amide bonds. The van der Waals surface area contributed by atoms with Gasteiger partial charge in [-0.05, 0) is 87.9 Å². The highest BCUT2D eigenvalue weighted by atomic mass is 35.5. The van der Waals surface area contributed by atoms with Gasteiger partial charge in [-0.3, -0.25) is 0 Å². The lowest BCUT2D eigenvalue weighted by atomic mass is 9.82. The Balaban J connectivity index is 3.77. The summed E-state index contributed by atoms with van der Waals surface area (Å²) in [6, 6.07) is 0. The van der Waals surface area contributed by atoms with E-state index in [0.29, 0.717) is 12.2 Å². The second-order valence-corrected chi connectivity index (χ2v) is 10.7. The summed E-state index contributed by atoms with van der Waals surface area (Å²) in [5.74, 6) is 3.97. The van der Waals surface area contributed by atoms with Gasteiger partial charge in [0.1, 0.15) is 6.79 Å². The van der Waals surface area contributed by atoms with Gasteiger partial charge >= 0.3 is 0 Å². The zero-order chi connectivity index (χ0) is 21.4. The minimum Gasteiger partial charge on any atom is -0.355 e. The molecule has 6 atom stereocenters. The zero-order valence-electron chi connectivity index (χ0n) is 20.1. The largest absolute Gasteiger partial charge is 0.355 e. The van der Waals surface area contributed by atoms with Crippen molar-refractivity contribution in [2.75, 3.05) is 20.0 Å². The number of rotatable bonds is 19. The number of hydrogen-bond acceptors (Lipinski definition) is 2. The summed E-state index contributed by atoms with van der Waals surface area (Å²) in [5, 5.41) is 0.306. The van der Waals surface area contributed by atoms with Crippen LogP contribution in [0.15, 0.2) is 0 Å². The number of hydrogen-bond donors (Lipinski definition) is 0. The molecular formula is C25H51ClO2. The zero-order valence-corrected chi connectivity index (χ0v) is 20.9. The molecule has 0 saturated carbocycles. The Hall–Kier alpha value is 0.210. The lowest BCUT2D eigenvalue weighted by Gasteiger charge is -2.24. The molecule has 0 aromatic carbocycles. The van der Waals surface area contributed by atoms with Crippen molar-refractivity contribution in [1.82, 2.24) is 0 Å². The summed E-state index contributed by atoms with van der Waals surface area (Å²) >= 11 is 6.14. The second kappa shape index (κ2) is 18.0. The molecule has 0 N–H and O–H groups in total. The van der Waals surface area contributed by atoms with Crippen LogP contribution in [0.25, 0.3) is 0 Å². The molecule has 3 heteroatoms. The van der Waals surface area contributed by atoms with E-state index in [1.807, 2.05) is 0 Å². The van der Waals surface area contributed by atoms with Gasteiger partial charge in [-0.2, -0.15) is 0 Å². The molecule has 0 bridgehead atoms. The molecule has 0 aliphatic carbocycles. The van der Waals surface area contributed by atoms with Crippen LogP contribution in [0.5, 0.6) is 0 Å². The molecule has 0 spiro atoms. The van der Waals surface area contributed by atoms with Crippen molar-refractivity contribution in [3.05, 3.63) is 0 Å². The summed E-state index contributed by atoms with van der Waals surface area (Å²) in [4.78, 5) is 0. The van der Waals surface area contributed by atoms with E-state index in [9.17, 15) is 0 Å². The molecule has 0 heterocycles. The van der Waals surface area contributed by atoms with Gasteiger partial charge in [0.2, 0.25) is 0 Å². The smallest absolute Gasteiger partial charge is 0.146 e. The Morgan fingerprint density at radius 2 is 1.04 bits per heavy atom. The first-order valence-electron chi connectivity index (χ1n) is 12.0. The van der Waals surface area contributed by atoms with Crippen LogP contribution in [-0.2, 0) is 9.47 Å². The first-order valence-corrected chi connectivity index (χ1v) is 12.5. The molecule has 170 valence electrons. The van der Waals surface area contributed by atoms with Crippen LogP contribution in [0, 0.1) is 29.6 Å². The minimum atomic E-state index is 0.306. The molecule has 0 saturated heterocycles. The van der Waals surface area contributed by atoms with E-state index < -0.39 is 0 Å². The van der Waals surface area contributed by atoms with Gasteiger partial charge in [-0.25, -0.2) is 0 Å². The van der Waals surface area contributed by atoms with Crippen LogP contribution in [0.4, 0.5) is 0 Å². The predicted molar refractivity (Wildman–Crippen MR) is 125 cm³/mol. The average molecular weight is 419 g/mol. The quantitative estimate of drug-likeness (QED) is 0.119. The van der Waals surface area contributed by atoms with E-state index >= 15 is 0 Å². The van der Waals surface area contributed by atoms with E-state index in [1.54, 1.807) is 0 Å². The van der Waals surface area contributed by atoms with E-state index in [0.717, 1.165) is 62.1 Å². The maximum atomic E-state index is 6.14. The van der Waals surface area contributed by atoms with Gasteiger partial charge < -0.3 is 9.47 Å². The van der Waals surface area contributed by atoms with Crippen molar-refractivity contribution in [3.63, 3.8) is 0 Å². The van der Waals surface area contributed by atoms with Crippen LogP contribution in [-0.4, -0.2) is 25.4 Å². The third-order valence-electron chi connectivity index (χ3n) is 5.74. The summed E-state index contributed by atoms with van der Waals surface area (Å²) in [6.07, 6.45) is 11.2. The van der Waals surface area contributed by atoms with Crippen molar-refractivity contribution >= 4 is 11.6 Å². The van der Waals surface area contributed by atoms with Crippen molar-refractivity contribution in [3.8, 4) is 0 Å². The molecule has 2 nitrogen and oxygen atoms in total. The molecular weight excluding hydrogens is 368 g/mol. The van der Waals surface area contributed by atoms with Crippen molar-refractivity contribution in [2.24, 2.45) is 29.6 Å². The third-order valence-corrected chi connectivity index (χ3v) is 5.92. The highest BCUT2D eigenvalue weighted by molar-refractivity contribution is 6.20. The highest BCUT2D eigenvalue weighted by Crippen LogP contribution is 2.29. The number of halogens is 1. The average Bonchev–Trinajstić information content (AvgIpc) is 2.55. The topological polar surface area (TPSA) is 18.5 Å². The second-order valence-electron chi connectivity index (χ2n) is 9.92. The van der Waals surface area contributed by atoms with E-state index in [-0.39, 0.29) is 0 Å². The summed E-state index contributed by atoms with van der Waals surface area (Å²) in [6.45, 7) is 18.5. The molecule has 0 aliphatic heterocycles. The maximum absolute atomic E-state index is 6.14. The summed E-state index contributed by atoms with van der Waals surface area (Å²) in [7, 11) is 0. The van der Waals surface area contributed by atoms with Crippen molar-refractivity contribution < 1.29 is 9.47 Å². The SMILES string of the molecule is CCCCOCOCCCC(C)CC(C)CC(C)CC(C)CC(C)CC(C)Cl. The molecule has 0 rings (SSSR count). The Bertz CT molecular complexity index is 335. The van der Waals surface area contributed by atoms with Crippen LogP contribution in [0.2, 0.25) is 0 Å². The molecule has 28 heavy (non-hydrogen) atoms. The van der Waals surface area contributed by atoms with Crippen LogP contribution >= 0.6 is 11.6 Å². The van der Waals surface area contributed by atoms with E-state index in [2.05, 4.69) is 48.5 Å². The van der Waals surface area contributed by atoms with Crippen molar-refractivity contribution in [2.45, 2.75) is 112 Å². The van der Waals surface area contributed by atoms with Gasteiger partial charge in [-0.1, -0.05) is 48.0 Å². The van der Waals surface area contributed by atoms with Crippen LogP contribution < -0.4 is 0 Å². The van der Waals surface area contributed by atoms with E-state index in [1.165, 1.54) is 38.5 Å². The number of unbranched alkanes of at least 4 members (excludes halogenated alkanes) is 1. The molecule has 0 radical (unpaired) electrons. The van der Waals surface area contributed by atoms with Crippen molar-refractivity contribution in [1.29, 1.82) is 0 Å². The first-order chi connectivity index (χ1) is 13.2. The van der Waals surface area contributed by atoms with Gasteiger partial charge in [0.15, 0.2) is 0 Å². The van der Waals surface area contributed by atoms with Crippen LogP contribution in [0.1, 0.15) is 106 Å². The molecule has 0 fully saturated rings. The fourth-order valence-electron chi connectivity index (χ4n) is 4.76. The van der Waals surface area contributed by atoms with Gasteiger partial charge in [0.05, 0.1) is 0 Å². The van der Waals surface area contributed by atoms with Gasteiger partial charge in [-0.15, -0.1) is 11.6 Å². The molecule has 0 aliphatic rings. The maximum Gasteiger partial charge on any atom is 0.146 e. The Morgan fingerprint density at radius 1 is 0.607 bits per heavy atom. The number of alkyl halides is 1. The van der Waals surface area contributed by atoms with E-state index in [4.69, 9.17) is 21.1 Å². The standard InChI is InChI=1S/C25H51ClO2/c1-8-9-12-27-19-28-13-10-11-20(2)14-21(3)15-22(4)16-23(5)17-24(6)18-25(7)26/h20-25H,8-19H2,1-7H3. The van der Waals surface area contributed by atoms with Gasteiger partial charge in [0, 0.05) is 18.6 Å². The lowest BCUT2D eigenvalue weighted by Crippen LogP contribution is -2.13. The molecule has 0 aromatic rings. The number of ether oxygens (including phenoxy) is 2.